The highest BCUT2D eigenvalue weighted by atomic mass is 19.1. The Morgan fingerprint density at radius 3 is 2.55 bits per heavy atom. The Morgan fingerprint density at radius 2 is 1.84 bits per heavy atom. The number of hydrogen-bond donors (Lipinski definition) is 2. The lowest BCUT2D eigenvalue weighted by Gasteiger charge is -2.39. The molecule has 2 N–H and O–H groups in total. The fraction of sp³-hybridized carbons (Fsp3) is 0.333. The van der Waals surface area contributed by atoms with Gasteiger partial charge in [0, 0.05) is 49.8 Å². The quantitative estimate of drug-likeness (QED) is 0.153. The molecule has 1 saturated carbocycles. The molecule has 11 nitrogen and oxygen atoms in total. The van der Waals surface area contributed by atoms with Crippen LogP contribution < -0.4 is 15.1 Å². The molecule has 1 unspecified atom stereocenters. The first-order valence-electron chi connectivity index (χ1n) is 16.3. The first-order valence-corrected chi connectivity index (χ1v) is 16.3. The topological polar surface area (TPSA) is 125 Å². The lowest BCUT2D eigenvalue weighted by molar-refractivity contribution is 0.0694. The van der Waals surface area contributed by atoms with Crippen molar-refractivity contribution in [3.63, 3.8) is 0 Å². The van der Waals surface area contributed by atoms with E-state index in [9.17, 15) is 24.2 Å². The lowest BCUT2D eigenvalue weighted by atomic mass is 10.0. The number of benzene rings is 3. The van der Waals surface area contributed by atoms with E-state index in [0.29, 0.717) is 48.3 Å². The van der Waals surface area contributed by atoms with Crippen LogP contribution in [-0.4, -0.2) is 70.1 Å². The molecule has 13 heteroatoms. The molecule has 1 saturated heterocycles. The fourth-order valence-corrected chi connectivity index (χ4v) is 6.91. The van der Waals surface area contributed by atoms with Gasteiger partial charge in [-0.15, -0.1) is 5.11 Å². The minimum atomic E-state index is -1.35. The molecule has 1 aliphatic carbocycles. The molecule has 1 atom stereocenters. The Labute approximate surface area is 280 Å². The first kappa shape index (κ1) is 32.3. The maximum absolute atomic E-state index is 16.0. The van der Waals surface area contributed by atoms with Crippen molar-refractivity contribution in [2.75, 3.05) is 38.7 Å². The Morgan fingerprint density at radius 1 is 1.06 bits per heavy atom. The van der Waals surface area contributed by atoms with Crippen LogP contribution in [0.15, 0.2) is 75.8 Å². The highest BCUT2D eigenvalue weighted by Gasteiger charge is 2.33. The molecule has 3 aromatic carbocycles. The summed E-state index contributed by atoms with van der Waals surface area (Å²) in [7, 11) is 3.41. The van der Waals surface area contributed by atoms with Gasteiger partial charge in [-0.25, -0.2) is 13.6 Å². The number of rotatable bonds is 10. The fourth-order valence-electron chi connectivity index (χ4n) is 6.91. The molecule has 3 heterocycles. The molecule has 0 radical (unpaired) electrons. The van der Waals surface area contributed by atoms with Crippen LogP contribution in [0.4, 0.5) is 25.8 Å². The van der Waals surface area contributed by atoms with Gasteiger partial charge >= 0.3 is 5.97 Å². The smallest absolute Gasteiger partial charge is 0.341 e. The van der Waals surface area contributed by atoms with Gasteiger partial charge < -0.3 is 29.0 Å². The highest BCUT2D eigenvalue weighted by Crippen LogP contribution is 2.44. The average molecular weight is 671 g/mol. The number of carbonyl (C=O) groups is 1. The van der Waals surface area contributed by atoms with Crippen molar-refractivity contribution in [1.29, 1.82) is 0 Å². The summed E-state index contributed by atoms with van der Waals surface area (Å²) >= 11 is 0. The number of azo groups is 1. The van der Waals surface area contributed by atoms with E-state index in [-0.39, 0.29) is 40.5 Å². The third-order valence-electron chi connectivity index (χ3n) is 9.58. The van der Waals surface area contributed by atoms with Gasteiger partial charge in [-0.1, -0.05) is 18.2 Å². The van der Waals surface area contributed by atoms with Crippen LogP contribution in [0.3, 0.4) is 0 Å². The van der Waals surface area contributed by atoms with Crippen molar-refractivity contribution >= 4 is 44.8 Å². The molecular weight excluding hydrogens is 634 g/mol. The van der Waals surface area contributed by atoms with E-state index in [0.717, 1.165) is 31.7 Å². The zero-order chi connectivity index (χ0) is 34.4. The number of fused-ring (bicyclic) bond motifs is 2. The first-order chi connectivity index (χ1) is 23.7. The number of carboxylic acid groups (broad SMARTS) is 1. The zero-order valence-electron chi connectivity index (χ0n) is 27.1. The minimum absolute atomic E-state index is 0.00616. The summed E-state index contributed by atoms with van der Waals surface area (Å²) in [6.45, 7) is 1.92. The number of hydrogen-bond acceptors (Lipinski definition) is 8. The second-order valence-corrected chi connectivity index (χ2v) is 12.7. The van der Waals surface area contributed by atoms with Crippen LogP contribution in [0.1, 0.15) is 42.1 Å². The van der Waals surface area contributed by atoms with E-state index >= 15 is 4.39 Å². The number of aromatic nitrogens is 2. The van der Waals surface area contributed by atoms with Crippen LogP contribution in [-0.2, 0) is 6.54 Å². The molecule has 0 amide bonds. The summed E-state index contributed by atoms with van der Waals surface area (Å²) in [6, 6.07) is 14.5. The standard InChI is InChI=1S/C36H36F2N6O5/c1-41(15-16-43-29-13-10-21(37)17-25(29)30(35(43)46)40-39-22-7-4-3-5-8-22)24-9-6-14-42(19-24)32-28(38)18-26-31(34(32)49-2)44(23-11-12-23)20-27(33(26)45)36(47)48/h3-5,7-8,10,13,17-18,20,23-24,46H,6,9,11-12,14-16,19H2,1-2H3,(H,47,48). The number of nitrogens with zero attached hydrogens (tertiary/aromatic N) is 6. The zero-order valence-corrected chi connectivity index (χ0v) is 27.1. The van der Waals surface area contributed by atoms with Gasteiger partial charge in [-0.05, 0) is 69.1 Å². The molecular formula is C36H36F2N6O5. The molecule has 49 heavy (non-hydrogen) atoms. The Balaban J connectivity index is 1.16. The maximum atomic E-state index is 16.0. The van der Waals surface area contributed by atoms with Gasteiger partial charge in [0.15, 0.2) is 17.3 Å². The van der Waals surface area contributed by atoms with Crippen LogP contribution in [0.25, 0.3) is 21.8 Å². The van der Waals surface area contributed by atoms with Gasteiger partial charge in [-0.2, -0.15) is 5.11 Å². The molecule has 5 aromatic rings. The lowest BCUT2D eigenvalue weighted by Crippen LogP contribution is -2.47. The number of carboxylic acids is 1. The van der Waals surface area contributed by atoms with Crippen molar-refractivity contribution in [3.05, 3.63) is 88.2 Å². The summed E-state index contributed by atoms with van der Waals surface area (Å²) in [4.78, 5) is 29.1. The monoisotopic (exact) mass is 670 g/mol. The molecule has 2 aromatic heterocycles. The molecule has 0 bridgehead atoms. The van der Waals surface area contributed by atoms with E-state index in [4.69, 9.17) is 4.74 Å². The molecule has 1 aliphatic heterocycles. The van der Waals surface area contributed by atoms with Gasteiger partial charge in [-0.3, -0.25) is 9.69 Å². The van der Waals surface area contributed by atoms with Gasteiger partial charge in [0.05, 0.1) is 29.2 Å². The third-order valence-corrected chi connectivity index (χ3v) is 9.58. The summed E-state index contributed by atoms with van der Waals surface area (Å²) < 4.78 is 39.6. The summed E-state index contributed by atoms with van der Waals surface area (Å²) in [5, 5.41) is 29.9. The van der Waals surface area contributed by atoms with Crippen LogP contribution in [0.5, 0.6) is 11.6 Å². The summed E-state index contributed by atoms with van der Waals surface area (Å²) in [6.07, 6.45) is 4.61. The Kier molecular flexibility index (Phi) is 8.53. The van der Waals surface area contributed by atoms with Gasteiger partial charge in [0.1, 0.15) is 17.1 Å². The number of anilines is 1. The number of aromatic hydroxyl groups is 1. The van der Waals surface area contributed by atoms with Crippen LogP contribution >= 0.6 is 0 Å². The molecule has 2 aliphatic rings. The van der Waals surface area contributed by atoms with Crippen molar-refractivity contribution in [3.8, 4) is 11.6 Å². The SMILES string of the molecule is COc1c(N2CCCC(N(C)CCn3c(O)c(N=Nc4ccccc4)c4cc(F)ccc43)C2)c(F)cc2c(=O)c(C(=O)O)cn(C3CC3)c12. The Hall–Kier alpha value is -5.30. The van der Waals surface area contributed by atoms with Crippen molar-refractivity contribution in [1.82, 2.24) is 14.0 Å². The van der Waals surface area contributed by atoms with Gasteiger partial charge in [0.2, 0.25) is 11.3 Å². The summed E-state index contributed by atoms with van der Waals surface area (Å²) in [5.41, 5.74) is 0.909. The van der Waals surface area contributed by atoms with E-state index in [1.54, 1.807) is 27.3 Å². The number of aromatic carboxylic acids is 1. The normalized spacial score (nSPS) is 16.8. The van der Waals surface area contributed by atoms with E-state index in [1.165, 1.54) is 25.4 Å². The van der Waals surface area contributed by atoms with Crippen LogP contribution in [0.2, 0.25) is 0 Å². The van der Waals surface area contributed by atoms with Crippen LogP contribution in [0, 0.1) is 11.6 Å². The minimum Gasteiger partial charge on any atom is -0.493 e. The average Bonchev–Trinajstić information content (AvgIpc) is 3.91. The number of methoxy groups -OCH3 is 1. The van der Waals surface area contributed by atoms with E-state index < -0.39 is 28.6 Å². The molecule has 0 spiro atoms. The number of piperidine rings is 1. The summed E-state index contributed by atoms with van der Waals surface area (Å²) in [5.74, 6) is -2.36. The third kappa shape index (κ3) is 5.99. The second kappa shape index (κ2) is 13.0. The molecule has 7 rings (SSSR count). The number of pyridine rings is 1. The Bertz CT molecular complexity index is 2160. The van der Waals surface area contributed by atoms with Crippen molar-refractivity contribution in [2.45, 2.75) is 44.3 Å². The predicted octanol–water partition coefficient (Wildman–Crippen LogP) is 7.00. The number of ether oxygens (including phenoxy) is 1. The van der Waals surface area contributed by atoms with Crippen molar-refractivity contribution in [2.24, 2.45) is 10.2 Å². The van der Waals surface area contributed by atoms with E-state index in [2.05, 4.69) is 15.1 Å². The molecule has 2 fully saturated rings. The molecule has 254 valence electrons. The largest absolute Gasteiger partial charge is 0.493 e. The van der Waals surface area contributed by atoms with E-state index in [1.807, 2.05) is 30.1 Å². The number of halogens is 2. The highest BCUT2D eigenvalue weighted by molar-refractivity contribution is 5.97. The predicted molar refractivity (Wildman–Crippen MR) is 182 cm³/mol. The van der Waals surface area contributed by atoms with Crippen molar-refractivity contribution < 1.29 is 28.5 Å². The van der Waals surface area contributed by atoms with Gasteiger partial charge in [0.25, 0.3) is 0 Å². The maximum Gasteiger partial charge on any atom is 0.341 e. The second-order valence-electron chi connectivity index (χ2n) is 12.7. The number of likely N-dealkylation sites (N-methyl/N-ethyl adjacent to an activating group) is 1.